The van der Waals surface area contributed by atoms with E-state index in [0.29, 0.717) is 24.2 Å². The maximum atomic E-state index is 13.1. The summed E-state index contributed by atoms with van der Waals surface area (Å²) in [7, 11) is 1.68. The summed E-state index contributed by atoms with van der Waals surface area (Å²) in [4.78, 5) is 30.0. The van der Waals surface area contributed by atoms with Crippen LogP contribution in [0.15, 0.2) is 24.3 Å². The molecule has 1 aromatic carbocycles. The van der Waals surface area contributed by atoms with Gasteiger partial charge in [0.25, 0.3) is 0 Å². The lowest BCUT2D eigenvalue weighted by atomic mass is 9.86. The maximum absolute atomic E-state index is 13.1. The summed E-state index contributed by atoms with van der Waals surface area (Å²) in [5.41, 5.74) is 1.17. The molecular weight excluding hydrogens is 388 g/mol. The third-order valence-corrected chi connectivity index (χ3v) is 7.67. The van der Waals surface area contributed by atoms with Crippen LogP contribution >= 0.6 is 0 Å². The molecule has 2 aliphatic heterocycles. The Morgan fingerprint density at radius 3 is 2.32 bits per heavy atom. The molecule has 1 aromatic rings. The molecule has 1 aliphatic carbocycles. The van der Waals surface area contributed by atoms with Gasteiger partial charge in [-0.05, 0) is 68.1 Å². The van der Waals surface area contributed by atoms with Crippen LogP contribution in [-0.2, 0) is 9.59 Å². The molecule has 0 bridgehead atoms. The molecule has 0 N–H and O–H groups in total. The third-order valence-electron chi connectivity index (χ3n) is 7.67. The molecule has 5 nitrogen and oxygen atoms in total. The number of hydrogen-bond donors (Lipinski definition) is 0. The molecule has 170 valence electrons. The second-order valence-electron chi connectivity index (χ2n) is 9.76. The van der Waals surface area contributed by atoms with Gasteiger partial charge in [0.1, 0.15) is 5.75 Å². The van der Waals surface area contributed by atoms with Crippen LogP contribution in [0.25, 0.3) is 0 Å². The highest BCUT2D eigenvalue weighted by atomic mass is 16.5. The molecule has 4 rings (SSSR count). The van der Waals surface area contributed by atoms with Gasteiger partial charge in [0.05, 0.1) is 13.2 Å². The second-order valence-corrected chi connectivity index (χ2v) is 9.76. The van der Waals surface area contributed by atoms with Gasteiger partial charge in [0, 0.05) is 32.5 Å². The first-order valence-corrected chi connectivity index (χ1v) is 12.3. The predicted molar refractivity (Wildman–Crippen MR) is 122 cm³/mol. The Morgan fingerprint density at radius 1 is 0.871 bits per heavy atom. The van der Waals surface area contributed by atoms with Gasteiger partial charge in [0.2, 0.25) is 11.8 Å². The zero-order valence-corrected chi connectivity index (χ0v) is 19.1. The highest BCUT2D eigenvalue weighted by Gasteiger charge is 2.33. The van der Waals surface area contributed by atoms with Crippen LogP contribution in [0.1, 0.15) is 82.2 Å². The second kappa shape index (κ2) is 10.5. The molecule has 3 aliphatic rings. The van der Waals surface area contributed by atoms with Crippen LogP contribution < -0.4 is 4.74 Å². The summed E-state index contributed by atoms with van der Waals surface area (Å²) < 4.78 is 5.37. The lowest BCUT2D eigenvalue weighted by Crippen LogP contribution is -2.41. The molecule has 0 radical (unpaired) electrons. The number of amides is 2. The fourth-order valence-electron chi connectivity index (χ4n) is 5.78. The zero-order chi connectivity index (χ0) is 21.6. The molecule has 0 aromatic heterocycles. The van der Waals surface area contributed by atoms with E-state index < -0.39 is 0 Å². The molecular formula is C26H38N2O3. The molecule has 0 spiro atoms. The van der Waals surface area contributed by atoms with Gasteiger partial charge in [-0.1, -0.05) is 31.4 Å². The summed E-state index contributed by atoms with van der Waals surface area (Å²) in [6, 6.07) is 8.30. The van der Waals surface area contributed by atoms with Crippen molar-refractivity contribution in [3.05, 3.63) is 29.8 Å². The van der Waals surface area contributed by atoms with E-state index >= 15 is 0 Å². The van der Waals surface area contributed by atoms with Crippen molar-refractivity contribution in [1.82, 2.24) is 9.80 Å². The highest BCUT2D eigenvalue weighted by molar-refractivity contribution is 5.78. The van der Waals surface area contributed by atoms with E-state index in [1.165, 1.54) is 37.7 Å². The van der Waals surface area contributed by atoms with Crippen molar-refractivity contribution < 1.29 is 14.3 Å². The number of carbonyl (C=O) groups excluding carboxylic acids is 2. The summed E-state index contributed by atoms with van der Waals surface area (Å²) in [6.45, 7) is 2.49. The number of carbonyl (C=O) groups is 2. The zero-order valence-electron chi connectivity index (χ0n) is 19.1. The fourth-order valence-corrected chi connectivity index (χ4v) is 5.78. The van der Waals surface area contributed by atoms with Crippen LogP contribution in [0.4, 0.5) is 0 Å². The van der Waals surface area contributed by atoms with E-state index in [4.69, 9.17) is 4.74 Å². The summed E-state index contributed by atoms with van der Waals surface area (Å²) >= 11 is 0. The Hall–Kier alpha value is -2.04. The van der Waals surface area contributed by atoms with Crippen molar-refractivity contribution in [3.63, 3.8) is 0 Å². The number of hydrogen-bond acceptors (Lipinski definition) is 3. The Labute approximate surface area is 187 Å². The van der Waals surface area contributed by atoms with Gasteiger partial charge in [-0.15, -0.1) is 0 Å². The first kappa shape index (κ1) is 22.2. The Balaban J connectivity index is 1.26. The molecule has 2 saturated heterocycles. The van der Waals surface area contributed by atoms with Crippen molar-refractivity contribution in [2.24, 2.45) is 11.8 Å². The normalized spacial score (nSPS) is 23.2. The van der Waals surface area contributed by atoms with E-state index in [9.17, 15) is 9.59 Å². The van der Waals surface area contributed by atoms with Gasteiger partial charge >= 0.3 is 0 Å². The van der Waals surface area contributed by atoms with Gasteiger partial charge in [-0.25, -0.2) is 0 Å². The molecule has 3 fully saturated rings. The Bertz CT molecular complexity index is 751. The lowest BCUT2D eigenvalue weighted by Gasteiger charge is -2.34. The number of benzene rings is 1. The van der Waals surface area contributed by atoms with Crippen molar-refractivity contribution >= 4 is 11.8 Å². The van der Waals surface area contributed by atoms with E-state index in [1.54, 1.807) is 7.11 Å². The summed E-state index contributed by atoms with van der Waals surface area (Å²) in [5, 5.41) is 0. The van der Waals surface area contributed by atoms with Crippen molar-refractivity contribution in [3.8, 4) is 5.75 Å². The largest absolute Gasteiger partial charge is 0.497 e. The number of likely N-dealkylation sites (tertiary alicyclic amines) is 2. The van der Waals surface area contributed by atoms with E-state index in [-0.39, 0.29) is 11.9 Å². The minimum absolute atomic E-state index is 0.166. The predicted octanol–water partition coefficient (Wildman–Crippen LogP) is 4.96. The van der Waals surface area contributed by atoms with E-state index in [0.717, 1.165) is 57.5 Å². The number of nitrogens with zero attached hydrogens (tertiary/aromatic N) is 2. The standard InChI is InChI=1S/C26H38N2O3/c1-31-23-10-5-9-22(19-23)24-11-6-14-28(24)26(30)18-21-12-15-27(16-13-21)25(29)17-20-7-3-2-4-8-20/h5,9-10,19-21,24H,2-4,6-8,11-18H2,1H3/t24-/m0/s1. The topological polar surface area (TPSA) is 49.9 Å². The molecule has 1 atom stereocenters. The molecule has 5 heteroatoms. The molecule has 1 saturated carbocycles. The Morgan fingerprint density at radius 2 is 1.58 bits per heavy atom. The highest BCUT2D eigenvalue weighted by Crippen LogP contribution is 2.35. The quantitative estimate of drug-likeness (QED) is 0.646. The minimum Gasteiger partial charge on any atom is -0.497 e. The van der Waals surface area contributed by atoms with Crippen LogP contribution in [0.5, 0.6) is 5.75 Å². The minimum atomic E-state index is 0.166. The monoisotopic (exact) mass is 426 g/mol. The van der Waals surface area contributed by atoms with Gasteiger partial charge in [-0.2, -0.15) is 0 Å². The molecule has 0 unspecified atom stereocenters. The first-order valence-electron chi connectivity index (χ1n) is 12.3. The van der Waals surface area contributed by atoms with E-state index in [1.807, 2.05) is 12.1 Å². The SMILES string of the molecule is COc1cccc([C@@H]2CCCN2C(=O)CC2CCN(C(=O)CC3CCCCC3)CC2)c1. The van der Waals surface area contributed by atoms with Gasteiger partial charge < -0.3 is 14.5 Å². The number of rotatable bonds is 6. The van der Waals surface area contributed by atoms with Crippen LogP contribution in [0.3, 0.4) is 0 Å². The van der Waals surface area contributed by atoms with Crippen LogP contribution in [0.2, 0.25) is 0 Å². The smallest absolute Gasteiger partial charge is 0.223 e. The Kier molecular flexibility index (Phi) is 7.52. The average Bonchev–Trinajstić information content (AvgIpc) is 3.30. The fraction of sp³-hybridized carbons (Fsp3) is 0.692. The third kappa shape index (κ3) is 5.61. The number of ether oxygens (including phenoxy) is 1. The van der Waals surface area contributed by atoms with Gasteiger partial charge in [0.15, 0.2) is 0 Å². The molecule has 31 heavy (non-hydrogen) atoms. The molecule has 2 amide bonds. The summed E-state index contributed by atoms with van der Waals surface area (Å²) in [6.07, 6.45) is 11.7. The maximum Gasteiger partial charge on any atom is 0.223 e. The van der Waals surface area contributed by atoms with Crippen LogP contribution in [-0.4, -0.2) is 48.4 Å². The van der Waals surface area contributed by atoms with E-state index in [2.05, 4.69) is 21.9 Å². The van der Waals surface area contributed by atoms with Crippen molar-refractivity contribution in [2.75, 3.05) is 26.7 Å². The molecule has 2 heterocycles. The lowest BCUT2D eigenvalue weighted by molar-refractivity contribution is -0.135. The summed E-state index contributed by atoms with van der Waals surface area (Å²) in [5.74, 6) is 2.47. The first-order chi connectivity index (χ1) is 15.1. The van der Waals surface area contributed by atoms with Gasteiger partial charge in [-0.3, -0.25) is 9.59 Å². The average molecular weight is 427 g/mol. The van der Waals surface area contributed by atoms with Crippen LogP contribution in [0, 0.1) is 11.8 Å². The van der Waals surface area contributed by atoms with Crippen molar-refractivity contribution in [1.29, 1.82) is 0 Å². The number of methoxy groups -OCH3 is 1. The van der Waals surface area contributed by atoms with Crippen molar-refractivity contribution in [2.45, 2.75) is 76.7 Å². The number of piperidine rings is 1.